The summed E-state index contributed by atoms with van der Waals surface area (Å²) < 4.78 is 34.9. The lowest BCUT2D eigenvalue weighted by atomic mass is 9.98. The predicted molar refractivity (Wildman–Crippen MR) is 59.5 cm³/mol. The molecule has 2 atom stereocenters. The summed E-state index contributed by atoms with van der Waals surface area (Å²) in [4.78, 5) is 0. The van der Waals surface area contributed by atoms with Crippen LogP contribution in [0.2, 0.25) is 0 Å². The number of para-hydroxylation sites is 1. The number of fused-ring (bicyclic) bond motifs is 1. The van der Waals surface area contributed by atoms with Gasteiger partial charge in [0.1, 0.15) is 25.1 Å². The number of ether oxygens (including phenoxy) is 2. The highest BCUT2D eigenvalue weighted by Gasteiger charge is 2.30. The van der Waals surface area contributed by atoms with Gasteiger partial charge in [0.2, 0.25) is 0 Å². The van der Waals surface area contributed by atoms with Crippen LogP contribution in [0.1, 0.15) is 11.6 Å². The van der Waals surface area contributed by atoms with Crippen LogP contribution in [0, 0.1) is 0 Å². The quantitative estimate of drug-likeness (QED) is 0.877. The van der Waals surface area contributed by atoms with Gasteiger partial charge in [-0.15, -0.1) is 0 Å². The van der Waals surface area contributed by atoms with Crippen molar-refractivity contribution in [1.29, 1.82) is 0 Å². The first-order valence-corrected chi connectivity index (χ1v) is 5.51. The van der Waals surface area contributed by atoms with Crippen molar-refractivity contribution in [3.63, 3.8) is 0 Å². The van der Waals surface area contributed by atoms with Crippen LogP contribution in [-0.4, -0.2) is 32.8 Å². The van der Waals surface area contributed by atoms with Crippen molar-refractivity contribution in [1.82, 2.24) is 5.32 Å². The summed E-state index contributed by atoms with van der Waals surface area (Å²) in [5.41, 5.74) is 0.945. The lowest BCUT2D eigenvalue weighted by molar-refractivity contribution is -0.0602. The van der Waals surface area contributed by atoms with Gasteiger partial charge in [0.25, 0.3) is 6.43 Å². The average Bonchev–Trinajstić information content (AvgIpc) is 2.35. The second kappa shape index (κ2) is 5.42. The molecular weight excluding hydrogens is 228 g/mol. The number of hydrogen-bond acceptors (Lipinski definition) is 3. The first-order chi connectivity index (χ1) is 8.22. The average molecular weight is 243 g/mol. The molecule has 0 radical (unpaired) electrons. The second-order valence-electron chi connectivity index (χ2n) is 3.88. The van der Waals surface area contributed by atoms with Crippen molar-refractivity contribution in [2.24, 2.45) is 0 Å². The summed E-state index contributed by atoms with van der Waals surface area (Å²) in [6.07, 6.45) is -2.84. The fourth-order valence-electron chi connectivity index (χ4n) is 2.02. The highest BCUT2D eigenvalue weighted by atomic mass is 19.3. The third-order valence-corrected chi connectivity index (χ3v) is 2.78. The van der Waals surface area contributed by atoms with Crippen LogP contribution < -0.4 is 10.1 Å². The predicted octanol–water partition coefficient (Wildman–Crippen LogP) is 1.99. The van der Waals surface area contributed by atoms with Crippen LogP contribution >= 0.6 is 0 Å². The molecule has 0 aliphatic carbocycles. The molecule has 1 N–H and O–H groups in total. The van der Waals surface area contributed by atoms with Crippen LogP contribution in [0.5, 0.6) is 5.75 Å². The first-order valence-electron chi connectivity index (χ1n) is 5.51. The standard InChI is InChI=1S/C12H15F2NO2/c1-15-12-8-4-2-3-5-9(8)16-6-10(12)17-7-11(13)14/h2-5,10-12,15H,6-7H2,1H3. The Labute approximate surface area is 98.7 Å². The smallest absolute Gasteiger partial charge is 0.261 e. The summed E-state index contributed by atoms with van der Waals surface area (Å²) in [5, 5.41) is 3.08. The number of benzene rings is 1. The molecule has 5 heteroatoms. The minimum atomic E-state index is -2.45. The SMILES string of the molecule is CNC1c2ccccc2OCC1OCC(F)F. The van der Waals surface area contributed by atoms with Crippen LogP contribution in [0.4, 0.5) is 8.78 Å². The summed E-state index contributed by atoms with van der Waals surface area (Å²) in [6.45, 7) is -0.274. The number of rotatable bonds is 4. The third-order valence-electron chi connectivity index (χ3n) is 2.78. The summed E-state index contributed by atoms with van der Waals surface area (Å²) >= 11 is 0. The zero-order chi connectivity index (χ0) is 12.3. The maximum absolute atomic E-state index is 12.1. The van der Waals surface area contributed by atoms with Gasteiger partial charge in [-0.05, 0) is 13.1 Å². The Balaban J connectivity index is 2.12. The highest BCUT2D eigenvalue weighted by Crippen LogP contribution is 2.32. The van der Waals surface area contributed by atoms with Crippen molar-refractivity contribution in [3.8, 4) is 5.75 Å². The molecule has 17 heavy (non-hydrogen) atoms. The Morgan fingerprint density at radius 1 is 1.47 bits per heavy atom. The summed E-state index contributed by atoms with van der Waals surface area (Å²) in [5.74, 6) is 0.781. The molecule has 1 aliphatic rings. The third kappa shape index (κ3) is 2.73. The largest absolute Gasteiger partial charge is 0.490 e. The molecule has 0 spiro atoms. The number of nitrogens with one attached hydrogen (secondary N) is 1. The molecule has 0 saturated carbocycles. The van der Waals surface area contributed by atoms with E-state index < -0.39 is 13.0 Å². The van der Waals surface area contributed by atoms with Crippen molar-refractivity contribution in [2.45, 2.75) is 18.6 Å². The monoisotopic (exact) mass is 243 g/mol. The minimum Gasteiger partial charge on any atom is -0.490 e. The zero-order valence-corrected chi connectivity index (χ0v) is 9.53. The minimum absolute atomic E-state index is 0.112. The summed E-state index contributed by atoms with van der Waals surface area (Å²) in [7, 11) is 1.78. The fraction of sp³-hybridized carbons (Fsp3) is 0.500. The Morgan fingerprint density at radius 3 is 2.94 bits per heavy atom. The molecule has 3 nitrogen and oxygen atoms in total. The number of likely N-dealkylation sites (N-methyl/N-ethyl adjacent to an activating group) is 1. The van der Waals surface area contributed by atoms with Crippen LogP contribution in [0.15, 0.2) is 24.3 Å². The Bertz CT molecular complexity index is 373. The van der Waals surface area contributed by atoms with Gasteiger partial charge < -0.3 is 14.8 Å². The number of halogens is 2. The van der Waals surface area contributed by atoms with Crippen molar-refractivity contribution in [3.05, 3.63) is 29.8 Å². The lowest BCUT2D eigenvalue weighted by Gasteiger charge is -2.33. The molecule has 1 aromatic carbocycles. The Hall–Kier alpha value is -1.20. The molecule has 0 saturated heterocycles. The van der Waals surface area contributed by atoms with Crippen molar-refractivity contribution in [2.75, 3.05) is 20.3 Å². The van der Waals surface area contributed by atoms with E-state index in [1.807, 2.05) is 24.3 Å². The van der Waals surface area contributed by atoms with Crippen molar-refractivity contribution >= 4 is 0 Å². The maximum atomic E-state index is 12.1. The van der Waals surface area contributed by atoms with Gasteiger partial charge >= 0.3 is 0 Å². The normalized spacial score (nSPS) is 23.3. The molecular formula is C12H15F2NO2. The zero-order valence-electron chi connectivity index (χ0n) is 9.53. The van der Waals surface area contributed by atoms with E-state index in [-0.39, 0.29) is 18.8 Å². The molecule has 0 amide bonds. The van der Waals surface area contributed by atoms with Gasteiger partial charge in [0.15, 0.2) is 0 Å². The molecule has 0 fully saturated rings. The van der Waals surface area contributed by atoms with Gasteiger partial charge in [-0.1, -0.05) is 18.2 Å². The molecule has 0 bridgehead atoms. The van der Waals surface area contributed by atoms with E-state index in [1.165, 1.54) is 0 Å². The van der Waals surface area contributed by atoms with E-state index in [2.05, 4.69) is 5.32 Å². The van der Waals surface area contributed by atoms with Gasteiger partial charge in [0, 0.05) is 5.56 Å². The van der Waals surface area contributed by atoms with Gasteiger partial charge in [-0.2, -0.15) is 0 Å². The van der Waals surface area contributed by atoms with E-state index in [1.54, 1.807) is 7.05 Å². The highest BCUT2D eigenvalue weighted by molar-refractivity contribution is 5.38. The molecule has 0 aromatic heterocycles. The number of hydrogen-bond donors (Lipinski definition) is 1. The molecule has 2 rings (SSSR count). The maximum Gasteiger partial charge on any atom is 0.261 e. The van der Waals surface area contributed by atoms with E-state index in [9.17, 15) is 8.78 Å². The topological polar surface area (TPSA) is 30.5 Å². The molecule has 1 aromatic rings. The fourth-order valence-corrected chi connectivity index (χ4v) is 2.02. The molecule has 1 heterocycles. The first kappa shape index (κ1) is 12.3. The van der Waals surface area contributed by atoms with E-state index >= 15 is 0 Å². The molecule has 94 valence electrons. The Morgan fingerprint density at radius 2 is 2.24 bits per heavy atom. The van der Waals surface area contributed by atoms with Crippen LogP contribution in [0.25, 0.3) is 0 Å². The Kier molecular flexibility index (Phi) is 3.91. The lowest BCUT2D eigenvalue weighted by Crippen LogP contribution is -2.40. The molecule has 1 aliphatic heterocycles. The van der Waals surface area contributed by atoms with Gasteiger partial charge in [-0.25, -0.2) is 8.78 Å². The van der Waals surface area contributed by atoms with E-state index in [4.69, 9.17) is 9.47 Å². The van der Waals surface area contributed by atoms with E-state index in [0.717, 1.165) is 11.3 Å². The van der Waals surface area contributed by atoms with Crippen LogP contribution in [0.3, 0.4) is 0 Å². The second-order valence-corrected chi connectivity index (χ2v) is 3.88. The number of alkyl halides is 2. The molecule has 2 unspecified atom stereocenters. The van der Waals surface area contributed by atoms with Crippen LogP contribution in [-0.2, 0) is 4.74 Å². The van der Waals surface area contributed by atoms with Gasteiger partial charge in [0.05, 0.1) is 6.04 Å². The summed E-state index contributed by atoms with van der Waals surface area (Å²) in [6, 6.07) is 7.43. The van der Waals surface area contributed by atoms with Gasteiger partial charge in [-0.3, -0.25) is 0 Å². The van der Waals surface area contributed by atoms with E-state index in [0.29, 0.717) is 0 Å². The van der Waals surface area contributed by atoms with Crippen molar-refractivity contribution < 1.29 is 18.3 Å².